The number of fused-ring (bicyclic) bond motifs is 5. The summed E-state index contributed by atoms with van der Waals surface area (Å²) in [6, 6.07) is 7.40. The maximum absolute atomic E-state index is 12.3. The first-order valence-electron chi connectivity index (χ1n) is 7.26. The molecule has 0 radical (unpaired) electrons. The van der Waals surface area contributed by atoms with Crippen LogP contribution in [0.25, 0.3) is 11.3 Å². The zero-order valence-electron chi connectivity index (χ0n) is 12.4. The van der Waals surface area contributed by atoms with Gasteiger partial charge in [0.2, 0.25) is 0 Å². The van der Waals surface area contributed by atoms with Gasteiger partial charge in [-0.3, -0.25) is 4.79 Å². The van der Waals surface area contributed by atoms with E-state index in [4.69, 9.17) is 9.47 Å². The van der Waals surface area contributed by atoms with Crippen LogP contribution in [0.4, 0.5) is 0 Å². The molecule has 5 heteroatoms. The third-order valence-electron chi connectivity index (χ3n) is 4.42. The Labute approximate surface area is 127 Å². The first-order valence-corrected chi connectivity index (χ1v) is 7.26. The van der Waals surface area contributed by atoms with E-state index in [1.165, 1.54) is 0 Å². The second kappa shape index (κ2) is 4.47. The molecule has 2 aliphatic rings. The van der Waals surface area contributed by atoms with E-state index in [9.17, 15) is 9.59 Å². The predicted molar refractivity (Wildman–Crippen MR) is 80.2 cm³/mol. The number of aromatic nitrogens is 1. The summed E-state index contributed by atoms with van der Waals surface area (Å²) in [7, 11) is 1.64. The minimum atomic E-state index is -0.511. The molecule has 0 aliphatic carbocycles. The van der Waals surface area contributed by atoms with Crippen LogP contribution in [0.3, 0.4) is 0 Å². The van der Waals surface area contributed by atoms with E-state index in [0.29, 0.717) is 5.69 Å². The Morgan fingerprint density at radius 3 is 2.86 bits per heavy atom. The molecule has 0 saturated carbocycles. The van der Waals surface area contributed by atoms with Crippen molar-refractivity contribution in [1.82, 2.24) is 4.57 Å². The molecule has 1 aromatic carbocycles. The number of nitrogens with zero attached hydrogens (tertiary/aromatic N) is 1. The van der Waals surface area contributed by atoms with Crippen molar-refractivity contribution < 1.29 is 14.3 Å². The molecule has 0 N–H and O–H groups in total. The quantitative estimate of drug-likeness (QED) is 0.758. The number of benzene rings is 1. The number of carbonyl (C=O) groups is 1. The Morgan fingerprint density at radius 1 is 1.27 bits per heavy atom. The summed E-state index contributed by atoms with van der Waals surface area (Å²) in [4.78, 5) is 24.2. The van der Waals surface area contributed by atoms with Crippen molar-refractivity contribution in [2.45, 2.75) is 26.0 Å². The highest BCUT2D eigenvalue weighted by atomic mass is 16.5. The van der Waals surface area contributed by atoms with E-state index in [1.807, 2.05) is 22.8 Å². The van der Waals surface area contributed by atoms with Crippen molar-refractivity contribution in [1.29, 1.82) is 0 Å². The highest BCUT2D eigenvalue weighted by molar-refractivity contribution is 5.94. The normalized spacial score (nSPS) is 18.3. The molecule has 1 unspecified atom stereocenters. The van der Waals surface area contributed by atoms with Gasteiger partial charge in [0.25, 0.3) is 0 Å². The highest BCUT2D eigenvalue weighted by Gasteiger charge is 2.35. The molecule has 0 saturated heterocycles. The zero-order valence-corrected chi connectivity index (χ0v) is 12.4. The maximum atomic E-state index is 12.3. The van der Waals surface area contributed by atoms with Gasteiger partial charge < -0.3 is 14.0 Å². The van der Waals surface area contributed by atoms with E-state index >= 15 is 0 Å². The van der Waals surface area contributed by atoms with Crippen molar-refractivity contribution in [2.24, 2.45) is 0 Å². The topological polar surface area (TPSA) is 57.5 Å². The lowest BCUT2D eigenvalue weighted by Crippen LogP contribution is -2.23. The number of cyclic esters (lactones) is 1. The lowest BCUT2D eigenvalue weighted by Gasteiger charge is -2.25. The number of hydrogen-bond donors (Lipinski definition) is 0. The minimum absolute atomic E-state index is 0.188. The van der Waals surface area contributed by atoms with Gasteiger partial charge in [0.15, 0.2) is 5.43 Å². The summed E-state index contributed by atoms with van der Waals surface area (Å²) in [5.74, 6) is 0.297. The second-order valence-corrected chi connectivity index (χ2v) is 5.63. The van der Waals surface area contributed by atoms with Crippen molar-refractivity contribution in [3.8, 4) is 17.0 Å². The maximum Gasteiger partial charge on any atom is 0.344 e. The zero-order chi connectivity index (χ0) is 15.4. The average molecular weight is 297 g/mol. The standard InChI is InChI=1S/C17H15NO4/c1-9-16-15(17(20)22-9)14(19)8-13-12-4-3-11(21-2)7-10(12)5-6-18(13)16/h3-4,7-9H,5-6H2,1-2H3. The largest absolute Gasteiger partial charge is 0.497 e. The number of carbonyl (C=O) groups excluding carboxylic acids is 1. The van der Waals surface area contributed by atoms with Gasteiger partial charge >= 0.3 is 5.97 Å². The molecular weight excluding hydrogens is 282 g/mol. The Kier molecular flexibility index (Phi) is 2.66. The fourth-order valence-electron chi connectivity index (χ4n) is 3.42. The SMILES string of the molecule is COc1ccc2c(c1)CCn1c-2cc(=O)c2c1C(C)OC2=O. The summed E-state index contributed by atoms with van der Waals surface area (Å²) >= 11 is 0. The monoisotopic (exact) mass is 297 g/mol. The third kappa shape index (κ3) is 1.65. The number of pyridine rings is 1. The molecule has 5 nitrogen and oxygen atoms in total. The third-order valence-corrected chi connectivity index (χ3v) is 4.42. The lowest BCUT2D eigenvalue weighted by molar-refractivity contribution is 0.0413. The molecule has 3 heterocycles. The molecule has 22 heavy (non-hydrogen) atoms. The number of hydrogen-bond acceptors (Lipinski definition) is 4. The van der Waals surface area contributed by atoms with Crippen LogP contribution in [-0.4, -0.2) is 17.6 Å². The fourth-order valence-corrected chi connectivity index (χ4v) is 3.42. The summed E-state index contributed by atoms with van der Waals surface area (Å²) in [6.07, 6.45) is 0.449. The van der Waals surface area contributed by atoms with Crippen LogP contribution in [0.1, 0.15) is 34.6 Å². The smallest absolute Gasteiger partial charge is 0.344 e. The molecule has 1 aromatic heterocycles. The van der Waals surface area contributed by atoms with Crippen LogP contribution in [0.15, 0.2) is 29.1 Å². The summed E-state index contributed by atoms with van der Waals surface area (Å²) in [5.41, 5.74) is 3.63. The van der Waals surface area contributed by atoms with E-state index in [0.717, 1.165) is 35.5 Å². The first-order chi connectivity index (χ1) is 10.6. The lowest BCUT2D eigenvalue weighted by atomic mass is 9.95. The number of ether oxygens (including phenoxy) is 2. The molecule has 0 bridgehead atoms. The molecule has 2 aliphatic heterocycles. The van der Waals surface area contributed by atoms with E-state index in [1.54, 1.807) is 20.1 Å². The molecule has 0 spiro atoms. The van der Waals surface area contributed by atoms with Gasteiger partial charge in [-0.1, -0.05) is 0 Å². The Bertz CT molecular complexity index is 866. The Balaban J connectivity index is 2.00. The molecule has 112 valence electrons. The van der Waals surface area contributed by atoms with E-state index in [-0.39, 0.29) is 17.1 Å². The number of rotatable bonds is 1. The second-order valence-electron chi connectivity index (χ2n) is 5.63. The van der Waals surface area contributed by atoms with Gasteiger partial charge in [-0.2, -0.15) is 0 Å². The van der Waals surface area contributed by atoms with Crippen LogP contribution >= 0.6 is 0 Å². The Morgan fingerprint density at radius 2 is 2.09 bits per heavy atom. The van der Waals surface area contributed by atoms with Crippen LogP contribution in [0.5, 0.6) is 5.75 Å². The van der Waals surface area contributed by atoms with Gasteiger partial charge in [-0.15, -0.1) is 0 Å². The van der Waals surface area contributed by atoms with Gasteiger partial charge in [-0.05, 0) is 37.1 Å². The molecular formula is C17H15NO4. The summed E-state index contributed by atoms with van der Waals surface area (Å²) in [5, 5.41) is 0. The van der Waals surface area contributed by atoms with Crippen LogP contribution in [-0.2, 0) is 17.7 Å². The molecule has 1 atom stereocenters. The summed E-state index contributed by atoms with van der Waals surface area (Å²) in [6.45, 7) is 2.53. The van der Waals surface area contributed by atoms with E-state index in [2.05, 4.69) is 0 Å². The molecule has 4 rings (SSSR count). The first kappa shape index (κ1) is 13.1. The van der Waals surface area contributed by atoms with Gasteiger partial charge in [0, 0.05) is 18.2 Å². The average Bonchev–Trinajstić information content (AvgIpc) is 2.82. The molecule has 0 fully saturated rings. The van der Waals surface area contributed by atoms with Crippen molar-refractivity contribution >= 4 is 5.97 Å². The van der Waals surface area contributed by atoms with Crippen molar-refractivity contribution in [3.05, 3.63) is 51.3 Å². The van der Waals surface area contributed by atoms with Gasteiger partial charge in [0.05, 0.1) is 18.5 Å². The molecule has 0 amide bonds. The summed E-state index contributed by atoms with van der Waals surface area (Å²) < 4.78 is 12.5. The van der Waals surface area contributed by atoms with Crippen molar-refractivity contribution in [3.63, 3.8) is 0 Å². The number of methoxy groups -OCH3 is 1. The van der Waals surface area contributed by atoms with Crippen molar-refractivity contribution in [2.75, 3.05) is 7.11 Å². The predicted octanol–water partition coefficient (Wildman–Crippen LogP) is 2.31. The van der Waals surface area contributed by atoms with Gasteiger partial charge in [-0.25, -0.2) is 4.79 Å². The minimum Gasteiger partial charge on any atom is -0.497 e. The van der Waals surface area contributed by atoms with Crippen LogP contribution in [0, 0.1) is 0 Å². The molecule has 2 aromatic rings. The van der Waals surface area contributed by atoms with Gasteiger partial charge in [0.1, 0.15) is 17.4 Å². The van der Waals surface area contributed by atoms with Crippen LogP contribution in [0.2, 0.25) is 0 Å². The highest BCUT2D eigenvalue weighted by Crippen LogP contribution is 2.37. The van der Waals surface area contributed by atoms with Crippen LogP contribution < -0.4 is 10.2 Å². The number of aryl methyl sites for hydroxylation is 1. The number of esters is 1. The van der Waals surface area contributed by atoms with E-state index < -0.39 is 5.97 Å². The Hall–Kier alpha value is -2.56. The fraction of sp³-hybridized carbons (Fsp3) is 0.294.